The molecule has 2 saturated heterocycles. The van der Waals surface area contributed by atoms with Crippen LogP contribution in [0, 0.1) is 0 Å². The molecule has 2 nitrogen and oxygen atoms in total. The molecule has 1 aromatic rings. The number of halogens is 1. The van der Waals surface area contributed by atoms with E-state index in [9.17, 15) is 0 Å². The zero-order valence-electron chi connectivity index (χ0n) is 13.0. The lowest BCUT2D eigenvalue weighted by atomic mass is 10.0. The van der Waals surface area contributed by atoms with E-state index in [1.807, 2.05) is 4.90 Å². The summed E-state index contributed by atoms with van der Waals surface area (Å²) in [5.41, 5.74) is 1.47. The molecule has 3 rings (SSSR count). The van der Waals surface area contributed by atoms with Gasteiger partial charge in [0, 0.05) is 22.9 Å². The SMILES string of the molecule is Brc1cccc(C[NH+]2CCC([NH+]3CCCCCC3)CC2)c1. The highest BCUT2D eigenvalue weighted by Gasteiger charge is 2.30. The van der Waals surface area contributed by atoms with Crippen molar-refractivity contribution in [1.29, 1.82) is 0 Å². The van der Waals surface area contributed by atoms with Crippen LogP contribution in [0.5, 0.6) is 0 Å². The average Bonchev–Trinajstić information content (AvgIpc) is 2.77. The Labute approximate surface area is 137 Å². The van der Waals surface area contributed by atoms with Gasteiger partial charge in [-0.15, -0.1) is 0 Å². The van der Waals surface area contributed by atoms with Crippen LogP contribution >= 0.6 is 15.9 Å². The zero-order valence-corrected chi connectivity index (χ0v) is 14.6. The summed E-state index contributed by atoms with van der Waals surface area (Å²) in [6, 6.07) is 9.78. The number of likely N-dealkylation sites (tertiary alicyclic amines) is 2. The normalized spacial score (nSPS) is 28.2. The highest BCUT2D eigenvalue weighted by molar-refractivity contribution is 9.10. The molecule has 0 aliphatic carbocycles. The first-order valence-corrected chi connectivity index (χ1v) is 9.53. The van der Waals surface area contributed by atoms with E-state index < -0.39 is 0 Å². The van der Waals surface area contributed by atoms with Gasteiger partial charge in [-0.3, -0.25) is 0 Å². The molecule has 116 valence electrons. The molecular formula is C18H29BrN2+2. The Hall–Kier alpha value is -0.380. The maximum absolute atomic E-state index is 3.58. The van der Waals surface area contributed by atoms with Crippen LogP contribution in [0.25, 0.3) is 0 Å². The summed E-state index contributed by atoms with van der Waals surface area (Å²) in [6.07, 6.45) is 8.71. The fourth-order valence-electron chi connectivity index (χ4n) is 4.14. The molecule has 0 amide bonds. The van der Waals surface area contributed by atoms with Crippen molar-refractivity contribution in [2.75, 3.05) is 26.2 Å². The van der Waals surface area contributed by atoms with Gasteiger partial charge in [0.15, 0.2) is 0 Å². The minimum absolute atomic E-state index is 0.953. The Kier molecular flexibility index (Phi) is 5.73. The van der Waals surface area contributed by atoms with Gasteiger partial charge >= 0.3 is 0 Å². The van der Waals surface area contributed by atoms with Gasteiger partial charge in [0.2, 0.25) is 0 Å². The lowest BCUT2D eigenvalue weighted by Crippen LogP contribution is -3.20. The predicted octanol–water partition coefficient (Wildman–Crippen LogP) is 1.46. The molecule has 2 aliphatic heterocycles. The van der Waals surface area contributed by atoms with E-state index >= 15 is 0 Å². The third-order valence-electron chi connectivity index (χ3n) is 5.36. The maximum atomic E-state index is 3.58. The monoisotopic (exact) mass is 352 g/mol. The second-order valence-electron chi connectivity index (χ2n) is 6.90. The quantitative estimate of drug-likeness (QED) is 0.814. The van der Waals surface area contributed by atoms with E-state index in [1.165, 1.54) is 81.3 Å². The van der Waals surface area contributed by atoms with Crippen LogP contribution in [0.1, 0.15) is 44.1 Å². The fourth-order valence-corrected chi connectivity index (χ4v) is 4.58. The molecule has 0 bridgehead atoms. The van der Waals surface area contributed by atoms with Crippen molar-refractivity contribution in [2.45, 2.75) is 51.1 Å². The van der Waals surface area contributed by atoms with Gasteiger partial charge in [-0.05, 0) is 37.8 Å². The van der Waals surface area contributed by atoms with Crippen LogP contribution in [0.3, 0.4) is 0 Å². The van der Waals surface area contributed by atoms with E-state index in [1.54, 1.807) is 4.90 Å². The molecule has 0 aromatic heterocycles. The smallest absolute Gasteiger partial charge is 0.103 e. The van der Waals surface area contributed by atoms with Crippen LogP contribution in [0.2, 0.25) is 0 Å². The summed E-state index contributed by atoms with van der Waals surface area (Å²) in [5.74, 6) is 0. The number of hydrogen-bond acceptors (Lipinski definition) is 0. The van der Waals surface area contributed by atoms with Crippen LogP contribution < -0.4 is 9.80 Å². The molecule has 0 unspecified atom stereocenters. The Bertz CT molecular complexity index is 433. The van der Waals surface area contributed by atoms with Gasteiger partial charge in [0.05, 0.1) is 32.2 Å². The summed E-state index contributed by atoms with van der Waals surface area (Å²) in [6.45, 7) is 6.79. The second-order valence-corrected chi connectivity index (χ2v) is 7.82. The average molecular weight is 353 g/mol. The molecule has 0 saturated carbocycles. The lowest BCUT2D eigenvalue weighted by Gasteiger charge is -2.34. The van der Waals surface area contributed by atoms with Crippen molar-refractivity contribution in [3.8, 4) is 0 Å². The summed E-state index contributed by atoms with van der Waals surface area (Å²) in [5, 5.41) is 0. The van der Waals surface area contributed by atoms with E-state index in [0.717, 1.165) is 6.04 Å². The van der Waals surface area contributed by atoms with Gasteiger partial charge in [-0.1, -0.05) is 28.1 Å². The van der Waals surface area contributed by atoms with Gasteiger partial charge in [-0.25, -0.2) is 0 Å². The molecule has 3 heteroatoms. The Morgan fingerprint density at radius 3 is 2.33 bits per heavy atom. The van der Waals surface area contributed by atoms with Crippen molar-refractivity contribution in [3.05, 3.63) is 34.3 Å². The first-order chi connectivity index (χ1) is 10.3. The highest BCUT2D eigenvalue weighted by Crippen LogP contribution is 2.11. The summed E-state index contributed by atoms with van der Waals surface area (Å²) < 4.78 is 1.21. The molecule has 0 radical (unpaired) electrons. The van der Waals surface area contributed by atoms with Crippen molar-refractivity contribution >= 4 is 15.9 Å². The van der Waals surface area contributed by atoms with Crippen molar-refractivity contribution < 1.29 is 9.80 Å². The van der Waals surface area contributed by atoms with E-state index in [4.69, 9.17) is 0 Å². The molecule has 2 N–H and O–H groups in total. The lowest BCUT2D eigenvalue weighted by molar-refractivity contribution is -0.963. The number of nitrogens with one attached hydrogen (secondary N) is 2. The number of piperidine rings is 1. The number of rotatable bonds is 3. The van der Waals surface area contributed by atoms with Gasteiger partial charge in [0.25, 0.3) is 0 Å². The molecule has 2 heterocycles. The maximum Gasteiger partial charge on any atom is 0.103 e. The number of benzene rings is 1. The summed E-state index contributed by atoms with van der Waals surface area (Å²) in [7, 11) is 0. The van der Waals surface area contributed by atoms with Gasteiger partial charge in [0.1, 0.15) is 6.54 Å². The number of hydrogen-bond donors (Lipinski definition) is 2. The van der Waals surface area contributed by atoms with E-state index in [-0.39, 0.29) is 0 Å². The van der Waals surface area contributed by atoms with Crippen molar-refractivity contribution in [1.82, 2.24) is 0 Å². The summed E-state index contributed by atoms with van der Waals surface area (Å²) in [4.78, 5) is 3.70. The molecule has 1 aromatic carbocycles. The Morgan fingerprint density at radius 2 is 1.67 bits per heavy atom. The topological polar surface area (TPSA) is 8.88 Å². The van der Waals surface area contributed by atoms with Crippen LogP contribution in [0.15, 0.2) is 28.7 Å². The molecule has 21 heavy (non-hydrogen) atoms. The molecule has 2 aliphatic rings. The van der Waals surface area contributed by atoms with Gasteiger partial charge < -0.3 is 9.80 Å². The third kappa shape index (κ3) is 4.54. The molecule has 0 atom stereocenters. The van der Waals surface area contributed by atoms with E-state index in [0.29, 0.717) is 0 Å². The van der Waals surface area contributed by atoms with Crippen LogP contribution in [0.4, 0.5) is 0 Å². The molecular weight excluding hydrogens is 324 g/mol. The van der Waals surface area contributed by atoms with Crippen LogP contribution in [-0.2, 0) is 6.54 Å². The Balaban J connectivity index is 1.48. The second kappa shape index (κ2) is 7.75. The van der Waals surface area contributed by atoms with Crippen LogP contribution in [-0.4, -0.2) is 32.2 Å². The minimum atomic E-state index is 0.953. The fraction of sp³-hybridized carbons (Fsp3) is 0.667. The van der Waals surface area contributed by atoms with Gasteiger partial charge in [-0.2, -0.15) is 0 Å². The number of quaternary nitrogens is 2. The molecule has 2 fully saturated rings. The largest absolute Gasteiger partial charge is 0.332 e. The highest BCUT2D eigenvalue weighted by atomic mass is 79.9. The van der Waals surface area contributed by atoms with E-state index in [2.05, 4.69) is 40.2 Å². The first-order valence-electron chi connectivity index (χ1n) is 8.74. The zero-order chi connectivity index (χ0) is 14.5. The van der Waals surface area contributed by atoms with Crippen molar-refractivity contribution in [3.63, 3.8) is 0 Å². The molecule has 0 spiro atoms. The Morgan fingerprint density at radius 1 is 0.952 bits per heavy atom. The first kappa shape index (κ1) is 15.5. The minimum Gasteiger partial charge on any atom is -0.332 e. The third-order valence-corrected chi connectivity index (χ3v) is 5.85. The standard InChI is InChI=1S/C18H27BrN2/c19-17-7-5-6-16(14-17)15-20-12-8-18(9-13-20)21-10-3-1-2-4-11-21/h5-7,14,18H,1-4,8-13,15H2/p+2. The predicted molar refractivity (Wildman–Crippen MR) is 90.7 cm³/mol. The summed E-state index contributed by atoms with van der Waals surface area (Å²) >= 11 is 3.58. The van der Waals surface area contributed by atoms with Crippen molar-refractivity contribution in [2.24, 2.45) is 0 Å².